The third kappa shape index (κ3) is 12.5. The van der Waals surface area contributed by atoms with Gasteiger partial charge >= 0.3 is 12.1 Å². The summed E-state index contributed by atoms with van der Waals surface area (Å²) in [7, 11) is 5.15. The van der Waals surface area contributed by atoms with Gasteiger partial charge in [-0.3, -0.25) is 9.59 Å². The van der Waals surface area contributed by atoms with Gasteiger partial charge < -0.3 is 68.9 Å². The Morgan fingerprint density at radius 3 is 2.14 bits per heavy atom. The topological polar surface area (TPSA) is 232 Å². The van der Waals surface area contributed by atoms with Crippen LogP contribution in [-0.4, -0.2) is 160 Å². The summed E-state index contributed by atoms with van der Waals surface area (Å²) < 4.78 is 43.9. The van der Waals surface area contributed by atoms with Crippen LogP contribution in [0.15, 0.2) is 24.3 Å². The molecule has 0 aliphatic carbocycles. The van der Waals surface area contributed by atoms with E-state index in [2.05, 4.69) is 5.32 Å². The number of ether oxygens (including phenoxy) is 7. The number of nitrogens with zero attached hydrogens (tertiary/aromatic N) is 1. The quantitative estimate of drug-likeness (QED) is 0.175. The van der Waals surface area contributed by atoms with Crippen LogP contribution < -0.4 is 5.32 Å². The van der Waals surface area contributed by atoms with E-state index < -0.39 is 114 Å². The zero-order valence-electron chi connectivity index (χ0n) is 39.5. The molecule has 1 aromatic rings. The lowest BCUT2D eigenvalue weighted by Crippen LogP contribution is -2.61. The maximum Gasteiger partial charge on any atom is 0.407 e. The van der Waals surface area contributed by atoms with Crippen molar-refractivity contribution in [2.45, 2.75) is 186 Å². The van der Waals surface area contributed by atoms with Crippen molar-refractivity contribution >= 4 is 17.8 Å². The van der Waals surface area contributed by atoms with Gasteiger partial charge in [-0.25, -0.2) is 4.79 Å². The fraction of sp³-hybridized carbons (Fsp3) is 0.804. The molecule has 0 aromatic heterocycles. The number of nitrogens with one attached hydrogen (secondary N) is 1. The molecule has 6 N–H and O–H groups in total. The van der Waals surface area contributed by atoms with Crippen molar-refractivity contribution in [3.63, 3.8) is 0 Å². The van der Waals surface area contributed by atoms with E-state index >= 15 is 0 Å². The van der Waals surface area contributed by atoms with E-state index in [0.717, 1.165) is 5.56 Å². The molecule has 1 amide bonds. The number of aromatic hydroxyl groups is 1. The van der Waals surface area contributed by atoms with Crippen molar-refractivity contribution in [3.05, 3.63) is 29.8 Å². The van der Waals surface area contributed by atoms with Gasteiger partial charge in [0.1, 0.15) is 34.9 Å². The first kappa shape index (κ1) is 52.7. The maximum atomic E-state index is 14.4. The average molecular weight is 897 g/mol. The minimum Gasteiger partial charge on any atom is -0.508 e. The van der Waals surface area contributed by atoms with Crippen LogP contribution in [0.25, 0.3) is 0 Å². The third-order valence-electron chi connectivity index (χ3n) is 13.6. The molecule has 17 nitrogen and oxygen atoms in total. The van der Waals surface area contributed by atoms with Gasteiger partial charge in [-0.15, -0.1) is 0 Å². The number of benzene rings is 1. The number of hydrogen-bond acceptors (Lipinski definition) is 16. The van der Waals surface area contributed by atoms with Crippen LogP contribution in [0.3, 0.4) is 0 Å². The summed E-state index contributed by atoms with van der Waals surface area (Å²) in [4.78, 5) is 43.3. The van der Waals surface area contributed by atoms with Crippen molar-refractivity contribution in [3.8, 4) is 5.75 Å². The largest absolute Gasteiger partial charge is 0.508 e. The first-order valence-corrected chi connectivity index (χ1v) is 22.4. The van der Waals surface area contributed by atoms with Crippen LogP contribution >= 0.6 is 0 Å². The molecule has 18 atom stereocenters. The molecule has 4 rings (SSSR count). The molecule has 3 aliphatic heterocycles. The van der Waals surface area contributed by atoms with Gasteiger partial charge in [0.2, 0.25) is 0 Å². The molecule has 3 fully saturated rings. The Hall–Kier alpha value is -2.97. The Bertz CT molecular complexity index is 1660. The Labute approximate surface area is 373 Å². The molecule has 360 valence electrons. The zero-order valence-corrected chi connectivity index (χ0v) is 39.5. The van der Waals surface area contributed by atoms with E-state index in [4.69, 9.17) is 33.2 Å². The highest BCUT2D eigenvalue weighted by Gasteiger charge is 2.54. The first-order chi connectivity index (χ1) is 29.3. The molecule has 1 aromatic carbocycles. The number of Topliss-reactive ketones (excluding diaryl/α,β-unsaturated/α-hetero) is 1. The van der Waals surface area contributed by atoms with Crippen molar-refractivity contribution in [2.75, 3.05) is 27.7 Å². The summed E-state index contributed by atoms with van der Waals surface area (Å²) in [6, 6.07) is 6.29. The molecule has 0 unspecified atom stereocenters. The summed E-state index contributed by atoms with van der Waals surface area (Å²) in [5.41, 5.74) is -4.15. The van der Waals surface area contributed by atoms with Gasteiger partial charge in [0.15, 0.2) is 18.7 Å². The van der Waals surface area contributed by atoms with E-state index in [9.17, 15) is 39.9 Å². The molecule has 0 bridgehead atoms. The number of phenols is 1. The number of phenolic OH excluding ortho intramolecular Hbond substituents is 1. The monoisotopic (exact) mass is 897 g/mol. The number of aliphatic hydroxyl groups excluding tert-OH is 2. The van der Waals surface area contributed by atoms with E-state index in [1.165, 1.54) is 27.9 Å². The molecular weight excluding hydrogens is 821 g/mol. The van der Waals surface area contributed by atoms with Crippen LogP contribution in [0.1, 0.15) is 100 Å². The Balaban J connectivity index is 1.71. The van der Waals surface area contributed by atoms with Crippen LogP contribution in [0.2, 0.25) is 0 Å². The minimum atomic E-state index is -2.04. The van der Waals surface area contributed by atoms with Crippen LogP contribution in [0, 0.1) is 23.7 Å². The van der Waals surface area contributed by atoms with Crippen molar-refractivity contribution in [1.29, 1.82) is 0 Å². The van der Waals surface area contributed by atoms with Gasteiger partial charge in [0.25, 0.3) is 0 Å². The number of alkyl carbamates (subject to hydrolysis) is 1. The summed E-state index contributed by atoms with van der Waals surface area (Å²) in [6.45, 7) is 16.5. The van der Waals surface area contributed by atoms with Gasteiger partial charge in [-0.1, -0.05) is 39.8 Å². The standard InChI is InChI=1S/C46H76N2O15/c1-14-33-46(10,56)38(52)26(4)35(50)24(2)22-44(8,55)39(62-42-36(51)32(48(11)12)21-25(3)58-42)27(5)37(28(6)41(53)60-33)61-34-23-45(9,57-13)40(29(7)59-34)63-43(54)47-20-19-30-15-17-31(49)18-16-30/h15-18,24-29,32-34,36-40,42,49,51-52,55-56H,14,19-23H2,1-13H3,(H,47,54)/t24-,25-,26+,27+,28-,29+,32+,33-,34+,36+,37+,38+,39-,40-,42+,44+,45-,46-/m1/s1. The second-order valence-corrected chi connectivity index (χ2v) is 19.2. The third-order valence-corrected chi connectivity index (χ3v) is 13.6. The number of ketones is 1. The number of carbonyl (C=O) groups excluding carboxylic acids is 3. The van der Waals surface area contributed by atoms with Crippen LogP contribution in [-0.2, 0) is 49.2 Å². The lowest BCUT2D eigenvalue weighted by Gasteiger charge is -2.49. The molecule has 0 spiro atoms. The highest BCUT2D eigenvalue weighted by molar-refractivity contribution is 5.83. The molecule has 3 saturated heterocycles. The SMILES string of the molecule is CC[C@H]1OC(=O)[C@H](C)[C@@H](O[C@H]2C[C@@](C)(OC)[C@H](OC(=O)NCCc3ccc(O)cc3)[C@H](C)O2)[C@H](C)[C@@H](O[C@@H]2O[C@H](C)C[C@H](N(C)C)[C@@H]2O)[C@@](C)(O)C[C@@H](C)C(=O)[C@H](C)[C@H](O)[C@]1(C)O. The van der Waals surface area contributed by atoms with E-state index in [1.807, 2.05) is 25.9 Å². The summed E-state index contributed by atoms with van der Waals surface area (Å²) >= 11 is 0. The fourth-order valence-electron chi connectivity index (χ4n) is 9.75. The Morgan fingerprint density at radius 2 is 1.56 bits per heavy atom. The fourth-order valence-corrected chi connectivity index (χ4v) is 9.75. The van der Waals surface area contributed by atoms with Crippen LogP contribution in [0.5, 0.6) is 5.75 Å². The zero-order chi connectivity index (χ0) is 47.4. The highest BCUT2D eigenvalue weighted by Crippen LogP contribution is 2.41. The number of cyclic esters (lactones) is 1. The summed E-state index contributed by atoms with van der Waals surface area (Å²) in [5, 5.41) is 59.7. The lowest BCUT2D eigenvalue weighted by molar-refractivity contribution is -0.317. The number of likely N-dealkylation sites (N-methyl/N-ethyl adjacent to an activating group) is 1. The molecule has 0 radical (unpaired) electrons. The number of rotatable bonds is 11. The molecule has 63 heavy (non-hydrogen) atoms. The first-order valence-electron chi connectivity index (χ1n) is 22.4. The number of amides is 1. The molecule has 3 heterocycles. The van der Waals surface area contributed by atoms with E-state index in [0.29, 0.717) is 12.8 Å². The number of aliphatic hydroxyl groups is 4. The lowest BCUT2D eigenvalue weighted by atomic mass is 9.74. The van der Waals surface area contributed by atoms with Gasteiger partial charge in [0, 0.05) is 43.9 Å². The summed E-state index contributed by atoms with van der Waals surface area (Å²) in [5.74, 6) is -5.11. The minimum absolute atomic E-state index is 0.0145. The molecule has 3 aliphatic rings. The van der Waals surface area contributed by atoms with Gasteiger partial charge in [0.05, 0.1) is 42.0 Å². The van der Waals surface area contributed by atoms with E-state index in [-0.39, 0.29) is 43.7 Å². The van der Waals surface area contributed by atoms with Gasteiger partial charge in [-0.2, -0.15) is 0 Å². The second-order valence-electron chi connectivity index (χ2n) is 19.2. The number of hydrogen-bond donors (Lipinski definition) is 6. The van der Waals surface area contributed by atoms with Crippen molar-refractivity contribution in [2.24, 2.45) is 23.7 Å². The Kier molecular flexibility index (Phi) is 18.0. The number of methoxy groups -OCH3 is 1. The van der Waals surface area contributed by atoms with Crippen molar-refractivity contribution < 1.29 is 73.1 Å². The van der Waals surface area contributed by atoms with Crippen LogP contribution in [0.4, 0.5) is 4.79 Å². The molecular formula is C46H76N2O15. The average Bonchev–Trinajstić information content (AvgIpc) is 3.21. The molecule has 17 heteroatoms. The maximum absolute atomic E-state index is 14.4. The Morgan fingerprint density at radius 1 is 0.921 bits per heavy atom. The number of carbonyl (C=O) groups is 3. The van der Waals surface area contributed by atoms with Gasteiger partial charge in [-0.05, 0) is 99.0 Å². The molecule has 0 saturated carbocycles. The summed E-state index contributed by atoms with van der Waals surface area (Å²) in [6.07, 6.45) is -10.6. The normalized spacial score (nSPS) is 42.3. The second kappa shape index (κ2) is 21.6. The van der Waals surface area contributed by atoms with E-state index in [1.54, 1.807) is 65.8 Å². The predicted octanol–water partition coefficient (Wildman–Crippen LogP) is 3.47. The number of esters is 1. The highest BCUT2D eigenvalue weighted by atomic mass is 16.7. The van der Waals surface area contributed by atoms with Crippen molar-refractivity contribution in [1.82, 2.24) is 10.2 Å². The smallest absolute Gasteiger partial charge is 0.407 e. The predicted molar refractivity (Wildman–Crippen MR) is 230 cm³/mol.